The van der Waals surface area contributed by atoms with E-state index in [-0.39, 0.29) is 12.5 Å². The van der Waals surface area contributed by atoms with Crippen LogP contribution < -0.4 is 4.74 Å². The summed E-state index contributed by atoms with van der Waals surface area (Å²) in [6.45, 7) is 7.54. The third-order valence-corrected chi connectivity index (χ3v) is 3.31. The second kappa shape index (κ2) is 7.14. The van der Waals surface area contributed by atoms with Crippen LogP contribution >= 0.6 is 0 Å². The number of benzene rings is 1. The Hall–Kier alpha value is -1.55. The zero-order valence-corrected chi connectivity index (χ0v) is 12.1. The summed E-state index contributed by atoms with van der Waals surface area (Å²) in [4.78, 5) is 13.0. The van der Waals surface area contributed by atoms with Crippen LogP contribution in [0, 0.1) is 6.92 Å². The van der Waals surface area contributed by atoms with Crippen molar-refractivity contribution in [2.75, 3.05) is 13.7 Å². The Bertz CT molecular complexity index is 431. The first-order valence-corrected chi connectivity index (χ1v) is 6.57. The minimum absolute atomic E-state index is 0.00715. The van der Waals surface area contributed by atoms with Gasteiger partial charge in [-0.2, -0.15) is 0 Å². The highest BCUT2D eigenvalue weighted by atomic mass is 16.5. The molecule has 1 N–H and O–H groups in total. The van der Waals surface area contributed by atoms with Gasteiger partial charge in [-0.05, 0) is 26.5 Å². The molecule has 1 unspecified atom stereocenters. The number of aryl methyl sites for hydroxylation is 1. The van der Waals surface area contributed by atoms with Gasteiger partial charge in [-0.1, -0.05) is 24.6 Å². The second-order valence-electron chi connectivity index (χ2n) is 4.83. The lowest BCUT2D eigenvalue weighted by Gasteiger charge is -2.27. The van der Waals surface area contributed by atoms with Crippen molar-refractivity contribution in [3.8, 4) is 5.75 Å². The largest absolute Gasteiger partial charge is 0.496 e. The summed E-state index contributed by atoms with van der Waals surface area (Å²) in [5.74, 6) is 0.0914. The van der Waals surface area contributed by atoms with E-state index < -0.39 is 5.97 Å². The number of ether oxygens (including phenoxy) is 1. The van der Waals surface area contributed by atoms with Gasteiger partial charge in [0.2, 0.25) is 0 Å². The molecule has 19 heavy (non-hydrogen) atoms. The third kappa shape index (κ3) is 4.56. The number of methoxy groups -OCH3 is 1. The van der Waals surface area contributed by atoms with Gasteiger partial charge in [0.15, 0.2) is 0 Å². The molecule has 0 amide bonds. The lowest BCUT2D eigenvalue weighted by atomic mass is 10.1. The highest BCUT2D eigenvalue weighted by molar-refractivity contribution is 5.67. The van der Waals surface area contributed by atoms with Gasteiger partial charge in [0, 0.05) is 18.2 Å². The molecule has 0 heterocycles. The van der Waals surface area contributed by atoms with Crippen LogP contribution in [-0.2, 0) is 11.3 Å². The van der Waals surface area contributed by atoms with Gasteiger partial charge in [0.1, 0.15) is 5.75 Å². The number of hydrogen-bond donors (Lipinski definition) is 1. The van der Waals surface area contributed by atoms with Crippen molar-refractivity contribution in [2.45, 2.75) is 39.8 Å². The lowest BCUT2D eigenvalue weighted by molar-refractivity contribution is -0.138. The van der Waals surface area contributed by atoms with Crippen LogP contribution in [0.25, 0.3) is 0 Å². The quantitative estimate of drug-likeness (QED) is 0.823. The molecule has 1 rings (SSSR count). The van der Waals surface area contributed by atoms with E-state index in [1.807, 2.05) is 32.9 Å². The SMILES string of the molecule is CCN(Cc1cc(C)ccc1OC)C(C)CC(=O)O. The predicted octanol–water partition coefficient (Wildman–Crippen LogP) is 2.69. The smallest absolute Gasteiger partial charge is 0.304 e. The van der Waals surface area contributed by atoms with Crippen molar-refractivity contribution in [3.63, 3.8) is 0 Å². The number of carbonyl (C=O) groups is 1. The summed E-state index contributed by atoms with van der Waals surface area (Å²) in [6, 6.07) is 6.07. The number of carboxylic acids is 1. The van der Waals surface area contributed by atoms with Crippen LogP contribution in [0.5, 0.6) is 5.75 Å². The zero-order chi connectivity index (χ0) is 14.4. The fourth-order valence-electron chi connectivity index (χ4n) is 2.21. The van der Waals surface area contributed by atoms with Crippen molar-refractivity contribution in [2.24, 2.45) is 0 Å². The topological polar surface area (TPSA) is 49.8 Å². The van der Waals surface area contributed by atoms with Gasteiger partial charge in [-0.15, -0.1) is 0 Å². The van der Waals surface area contributed by atoms with Crippen LogP contribution in [-0.4, -0.2) is 35.7 Å². The highest BCUT2D eigenvalue weighted by Crippen LogP contribution is 2.22. The first kappa shape index (κ1) is 15.5. The van der Waals surface area contributed by atoms with Gasteiger partial charge in [0.25, 0.3) is 0 Å². The Morgan fingerprint density at radius 3 is 2.68 bits per heavy atom. The van der Waals surface area contributed by atoms with Crippen LogP contribution in [0.3, 0.4) is 0 Å². The van der Waals surface area contributed by atoms with Gasteiger partial charge in [0.05, 0.1) is 13.5 Å². The van der Waals surface area contributed by atoms with Crippen molar-refractivity contribution in [1.29, 1.82) is 0 Å². The van der Waals surface area contributed by atoms with E-state index in [1.54, 1.807) is 7.11 Å². The van der Waals surface area contributed by atoms with Crippen molar-refractivity contribution in [3.05, 3.63) is 29.3 Å². The average Bonchev–Trinajstić information content (AvgIpc) is 2.35. The molecule has 0 aliphatic heterocycles. The Labute approximate surface area is 115 Å². The molecule has 106 valence electrons. The van der Waals surface area contributed by atoms with Crippen LogP contribution in [0.1, 0.15) is 31.4 Å². The standard InChI is InChI=1S/C15H23NO3/c1-5-16(12(3)9-15(17)18)10-13-8-11(2)6-7-14(13)19-4/h6-8,12H,5,9-10H2,1-4H3,(H,17,18). The maximum Gasteiger partial charge on any atom is 0.304 e. The summed E-state index contributed by atoms with van der Waals surface area (Å²) in [6.07, 6.45) is 0.155. The molecular formula is C15H23NO3. The van der Waals surface area contributed by atoms with Gasteiger partial charge < -0.3 is 9.84 Å². The Kier molecular flexibility index (Phi) is 5.83. The molecular weight excluding hydrogens is 242 g/mol. The summed E-state index contributed by atoms with van der Waals surface area (Å²) in [5.41, 5.74) is 2.28. The Balaban J connectivity index is 2.85. The molecule has 0 radical (unpaired) electrons. The van der Waals surface area contributed by atoms with Gasteiger partial charge in [-0.3, -0.25) is 9.69 Å². The zero-order valence-electron chi connectivity index (χ0n) is 12.1. The molecule has 1 aromatic carbocycles. The molecule has 0 fully saturated rings. The molecule has 0 saturated heterocycles. The third-order valence-electron chi connectivity index (χ3n) is 3.31. The first-order chi connectivity index (χ1) is 8.97. The minimum atomic E-state index is -0.762. The average molecular weight is 265 g/mol. The normalized spacial score (nSPS) is 12.5. The molecule has 0 aromatic heterocycles. The Morgan fingerprint density at radius 2 is 2.16 bits per heavy atom. The van der Waals surface area contributed by atoms with E-state index >= 15 is 0 Å². The molecule has 0 spiro atoms. The second-order valence-corrected chi connectivity index (χ2v) is 4.83. The number of rotatable bonds is 7. The van der Waals surface area contributed by atoms with E-state index in [4.69, 9.17) is 9.84 Å². The molecule has 0 aliphatic rings. The first-order valence-electron chi connectivity index (χ1n) is 6.57. The molecule has 1 atom stereocenters. The number of aliphatic carboxylic acids is 1. The summed E-state index contributed by atoms with van der Waals surface area (Å²) in [7, 11) is 1.66. The number of nitrogens with zero attached hydrogens (tertiary/aromatic N) is 1. The van der Waals surface area contributed by atoms with Crippen LogP contribution in [0.4, 0.5) is 0 Å². The molecule has 4 nitrogen and oxygen atoms in total. The summed E-state index contributed by atoms with van der Waals surface area (Å²) in [5, 5.41) is 8.89. The van der Waals surface area contributed by atoms with Crippen molar-refractivity contribution in [1.82, 2.24) is 4.90 Å². The van der Waals surface area contributed by atoms with Gasteiger partial charge >= 0.3 is 5.97 Å². The molecule has 0 bridgehead atoms. The monoisotopic (exact) mass is 265 g/mol. The number of hydrogen-bond acceptors (Lipinski definition) is 3. The maximum atomic E-state index is 10.8. The molecule has 0 saturated carbocycles. The van der Waals surface area contributed by atoms with Crippen LogP contribution in [0.15, 0.2) is 18.2 Å². The summed E-state index contributed by atoms with van der Waals surface area (Å²) < 4.78 is 5.36. The number of carboxylic acid groups (broad SMARTS) is 1. The van der Waals surface area contributed by atoms with Crippen LogP contribution in [0.2, 0.25) is 0 Å². The van der Waals surface area contributed by atoms with E-state index in [9.17, 15) is 4.79 Å². The van der Waals surface area contributed by atoms with E-state index in [2.05, 4.69) is 11.0 Å². The minimum Gasteiger partial charge on any atom is -0.496 e. The Morgan fingerprint density at radius 1 is 1.47 bits per heavy atom. The predicted molar refractivity (Wildman–Crippen MR) is 75.5 cm³/mol. The molecule has 1 aromatic rings. The highest BCUT2D eigenvalue weighted by Gasteiger charge is 2.17. The van der Waals surface area contributed by atoms with Gasteiger partial charge in [-0.25, -0.2) is 0 Å². The lowest BCUT2D eigenvalue weighted by Crippen LogP contribution is -2.34. The maximum absolute atomic E-state index is 10.8. The fourth-order valence-corrected chi connectivity index (χ4v) is 2.21. The summed E-state index contributed by atoms with van der Waals surface area (Å²) >= 11 is 0. The van der Waals surface area contributed by atoms with Crippen molar-refractivity contribution < 1.29 is 14.6 Å². The molecule has 4 heteroatoms. The van der Waals surface area contributed by atoms with E-state index in [0.29, 0.717) is 6.54 Å². The van der Waals surface area contributed by atoms with Crippen molar-refractivity contribution >= 4 is 5.97 Å². The van der Waals surface area contributed by atoms with E-state index in [1.165, 1.54) is 5.56 Å². The fraction of sp³-hybridized carbons (Fsp3) is 0.533. The molecule has 0 aliphatic carbocycles. The van der Waals surface area contributed by atoms with E-state index in [0.717, 1.165) is 17.9 Å².